The lowest BCUT2D eigenvalue weighted by Gasteiger charge is -2.34. The number of anilines is 1. The number of hydrogen-bond donors (Lipinski definition) is 3. The van der Waals surface area contributed by atoms with Crippen molar-refractivity contribution in [1.29, 1.82) is 0 Å². The van der Waals surface area contributed by atoms with E-state index in [9.17, 15) is 0 Å². The van der Waals surface area contributed by atoms with Crippen LogP contribution in [-0.4, -0.2) is 41.9 Å². The van der Waals surface area contributed by atoms with E-state index in [0.29, 0.717) is 6.04 Å². The Kier molecular flexibility index (Phi) is 5.48. The first-order valence-electron chi connectivity index (χ1n) is 8.46. The highest BCUT2D eigenvalue weighted by molar-refractivity contribution is 5.81. The molecule has 1 unspecified atom stereocenters. The first kappa shape index (κ1) is 16.2. The van der Waals surface area contributed by atoms with Crippen LogP contribution in [0.15, 0.2) is 24.4 Å². The van der Waals surface area contributed by atoms with Crippen molar-refractivity contribution in [2.75, 3.05) is 18.4 Å². The van der Waals surface area contributed by atoms with Gasteiger partial charge in [0.1, 0.15) is 0 Å². The molecule has 3 N–H and O–H groups in total. The molecule has 126 valence electrons. The van der Waals surface area contributed by atoms with E-state index < -0.39 is 0 Å². The van der Waals surface area contributed by atoms with Gasteiger partial charge in [0.2, 0.25) is 0 Å². The lowest BCUT2D eigenvalue weighted by atomic mass is 10.1. The van der Waals surface area contributed by atoms with E-state index in [4.69, 9.17) is 9.47 Å². The minimum Gasteiger partial charge on any atom is -0.381 e. The smallest absolute Gasteiger partial charge is 0.176 e. The number of unbranched alkanes of at least 4 members (excludes halogenated alkanes) is 1. The molecule has 0 aliphatic carbocycles. The molecule has 0 spiro atoms. The summed E-state index contributed by atoms with van der Waals surface area (Å²) in [5.74, 6) is 0. The molecule has 1 aromatic carbocycles. The number of nitrogens with one attached hydrogen (secondary N) is 3. The van der Waals surface area contributed by atoms with Crippen LogP contribution >= 0.6 is 0 Å². The summed E-state index contributed by atoms with van der Waals surface area (Å²) in [6.07, 6.45) is 5.24. The van der Waals surface area contributed by atoms with Crippen molar-refractivity contribution in [1.82, 2.24) is 15.5 Å². The van der Waals surface area contributed by atoms with Crippen LogP contribution in [0, 0.1) is 0 Å². The highest BCUT2D eigenvalue weighted by atomic mass is 16.9. The van der Waals surface area contributed by atoms with Gasteiger partial charge in [-0.25, -0.2) is 0 Å². The molecule has 1 atom stereocenters. The van der Waals surface area contributed by atoms with Crippen molar-refractivity contribution < 1.29 is 9.47 Å². The molecule has 2 heterocycles. The van der Waals surface area contributed by atoms with Gasteiger partial charge in [-0.15, -0.1) is 0 Å². The summed E-state index contributed by atoms with van der Waals surface area (Å²) in [4.78, 5) is 0. The predicted molar refractivity (Wildman–Crippen MR) is 91.3 cm³/mol. The molecule has 1 aromatic heterocycles. The summed E-state index contributed by atoms with van der Waals surface area (Å²) in [7, 11) is 0. The van der Waals surface area contributed by atoms with Gasteiger partial charge < -0.3 is 20.1 Å². The Morgan fingerprint density at radius 3 is 3.00 bits per heavy atom. The molecule has 1 aliphatic rings. The monoisotopic (exact) mass is 318 g/mol. The van der Waals surface area contributed by atoms with Crippen molar-refractivity contribution in [3.63, 3.8) is 0 Å². The average molecular weight is 318 g/mol. The number of benzene rings is 1. The molecular formula is C17H26N4O2. The lowest BCUT2D eigenvalue weighted by molar-refractivity contribution is -0.372. The maximum Gasteiger partial charge on any atom is 0.176 e. The number of nitrogens with zero attached hydrogens (tertiary/aromatic N) is 1. The second-order valence-corrected chi connectivity index (χ2v) is 6.08. The van der Waals surface area contributed by atoms with Crippen LogP contribution in [0.4, 0.5) is 5.69 Å². The van der Waals surface area contributed by atoms with Crippen LogP contribution in [0.3, 0.4) is 0 Å². The Labute approximate surface area is 136 Å². The molecule has 6 nitrogen and oxygen atoms in total. The van der Waals surface area contributed by atoms with Gasteiger partial charge in [0.05, 0.1) is 11.7 Å². The van der Waals surface area contributed by atoms with Gasteiger partial charge in [0.15, 0.2) is 12.6 Å². The normalized spacial score (nSPS) is 22.0. The highest BCUT2D eigenvalue weighted by Crippen LogP contribution is 2.19. The van der Waals surface area contributed by atoms with Crippen molar-refractivity contribution >= 4 is 16.6 Å². The Morgan fingerprint density at radius 1 is 1.35 bits per heavy atom. The molecule has 2 aromatic rings. The summed E-state index contributed by atoms with van der Waals surface area (Å²) in [5, 5.41) is 15.2. The standard InChI is InChI=1S/C17H26N4O2/c1-3-4-5-15(10-18-11-17-22-12(2)23-17)20-14-6-7-16-13(8-14)9-19-21-16/h6-9,12,15,17-18,20H,3-5,10-11H2,1-2H3,(H,19,21). The molecule has 23 heavy (non-hydrogen) atoms. The number of hydrogen-bond acceptors (Lipinski definition) is 5. The van der Waals surface area contributed by atoms with E-state index in [1.54, 1.807) is 0 Å². The van der Waals surface area contributed by atoms with E-state index in [1.807, 2.05) is 13.1 Å². The number of rotatable bonds is 9. The molecule has 1 aliphatic heterocycles. The number of H-pyrrole nitrogens is 1. The van der Waals surface area contributed by atoms with Crippen molar-refractivity contribution in [3.05, 3.63) is 24.4 Å². The van der Waals surface area contributed by atoms with Gasteiger partial charge in [-0.1, -0.05) is 19.8 Å². The van der Waals surface area contributed by atoms with E-state index in [-0.39, 0.29) is 12.6 Å². The van der Waals surface area contributed by atoms with E-state index in [2.05, 4.69) is 46.0 Å². The molecule has 0 saturated carbocycles. The molecule has 1 saturated heterocycles. The molecule has 3 rings (SSSR count). The van der Waals surface area contributed by atoms with Crippen LogP contribution < -0.4 is 10.6 Å². The molecule has 1 fully saturated rings. The van der Waals surface area contributed by atoms with Crippen molar-refractivity contribution in [2.45, 2.75) is 51.7 Å². The SMILES string of the molecule is CCCCC(CNCC1OC(C)O1)Nc1ccc2[nH]ncc2c1. The quantitative estimate of drug-likeness (QED) is 0.663. The van der Waals surface area contributed by atoms with Gasteiger partial charge in [-0.3, -0.25) is 5.10 Å². The number of fused-ring (bicyclic) bond motifs is 1. The fourth-order valence-corrected chi connectivity index (χ4v) is 2.85. The number of aromatic nitrogens is 2. The fraction of sp³-hybridized carbons (Fsp3) is 0.588. The van der Waals surface area contributed by atoms with Gasteiger partial charge in [-0.2, -0.15) is 5.10 Å². The maximum atomic E-state index is 5.44. The van der Waals surface area contributed by atoms with Gasteiger partial charge in [-0.05, 0) is 31.5 Å². The number of ether oxygens (including phenoxy) is 2. The molecule has 0 radical (unpaired) electrons. The third-order valence-electron chi connectivity index (χ3n) is 4.11. The predicted octanol–water partition coefficient (Wildman–Crippen LogP) is 2.84. The third-order valence-corrected chi connectivity index (χ3v) is 4.11. The third kappa shape index (κ3) is 4.43. The molecule has 0 bridgehead atoms. The Bertz CT molecular complexity index is 609. The topological polar surface area (TPSA) is 71.2 Å². The van der Waals surface area contributed by atoms with Crippen LogP contribution in [0.2, 0.25) is 0 Å². The van der Waals surface area contributed by atoms with Gasteiger partial charge in [0, 0.05) is 30.2 Å². The van der Waals surface area contributed by atoms with Crippen LogP contribution in [0.1, 0.15) is 33.1 Å². The minimum atomic E-state index is -0.0981. The Balaban J connectivity index is 1.52. The van der Waals surface area contributed by atoms with Crippen molar-refractivity contribution in [2.24, 2.45) is 0 Å². The van der Waals surface area contributed by atoms with Gasteiger partial charge >= 0.3 is 0 Å². The van der Waals surface area contributed by atoms with Crippen molar-refractivity contribution in [3.8, 4) is 0 Å². The highest BCUT2D eigenvalue weighted by Gasteiger charge is 2.26. The molecule has 6 heteroatoms. The van der Waals surface area contributed by atoms with E-state index in [0.717, 1.165) is 36.1 Å². The Hall–Kier alpha value is -1.63. The second-order valence-electron chi connectivity index (χ2n) is 6.08. The maximum absolute atomic E-state index is 5.44. The molecular weight excluding hydrogens is 292 g/mol. The van der Waals surface area contributed by atoms with E-state index in [1.165, 1.54) is 12.8 Å². The molecule has 0 amide bonds. The number of aromatic amines is 1. The summed E-state index contributed by atoms with van der Waals surface area (Å²) < 4.78 is 10.9. The summed E-state index contributed by atoms with van der Waals surface area (Å²) in [6.45, 7) is 5.75. The zero-order chi connectivity index (χ0) is 16.1. The average Bonchev–Trinajstić information content (AvgIpc) is 2.98. The summed E-state index contributed by atoms with van der Waals surface area (Å²) in [6, 6.07) is 6.68. The fourth-order valence-electron chi connectivity index (χ4n) is 2.85. The minimum absolute atomic E-state index is 0.0579. The summed E-state index contributed by atoms with van der Waals surface area (Å²) >= 11 is 0. The first-order valence-corrected chi connectivity index (χ1v) is 8.46. The zero-order valence-electron chi connectivity index (χ0n) is 13.8. The zero-order valence-corrected chi connectivity index (χ0v) is 13.8. The first-order chi connectivity index (χ1) is 11.2. The van der Waals surface area contributed by atoms with Crippen LogP contribution in [0.5, 0.6) is 0 Å². The largest absolute Gasteiger partial charge is 0.381 e. The van der Waals surface area contributed by atoms with Gasteiger partial charge in [0.25, 0.3) is 0 Å². The second kappa shape index (κ2) is 7.77. The van der Waals surface area contributed by atoms with E-state index >= 15 is 0 Å². The Morgan fingerprint density at radius 2 is 2.22 bits per heavy atom. The van der Waals surface area contributed by atoms with Crippen LogP contribution in [0.25, 0.3) is 10.9 Å². The lowest BCUT2D eigenvalue weighted by Crippen LogP contribution is -2.47. The summed E-state index contributed by atoms with van der Waals surface area (Å²) in [5.41, 5.74) is 2.19. The van der Waals surface area contributed by atoms with Crippen LogP contribution in [-0.2, 0) is 9.47 Å².